The number of benzene rings is 1. The highest BCUT2D eigenvalue weighted by Crippen LogP contribution is 2.41. The Balaban J connectivity index is 1.64. The van der Waals surface area contributed by atoms with Gasteiger partial charge in [-0.2, -0.15) is 0 Å². The fourth-order valence-corrected chi connectivity index (χ4v) is 4.79. The molecule has 2 unspecified atom stereocenters. The minimum atomic E-state index is -1.08. The Labute approximate surface area is 182 Å². The highest BCUT2D eigenvalue weighted by atomic mass is 19.1. The van der Waals surface area contributed by atoms with E-state index in [1.165, 1.54) is 6.07 Å². The molecule has 2 aliphatic rings. The normalized spacial score (nSPS) is 28.1. The van der Waals surface area contributed by atoms with Crippen LogP contribution in [0.25, 0.3) is 5.57 Å². The molecule has 7 heteroatoms. The quantitative estimate of drug-likeness (QED) is 0.636. The van der Waals surface area contributed by atoms with Crippen LogP contribution in [0.2, 0.25) is 0 Å². The summed E-state index contributed by atoms with van der Waals surface area (Å²) < 4.78 is 22.4. The number of rotatable bonds is 5. The summed E-state index contributed by atoms with van der Waals surface area (Å²) >= 11 is 0. The minimum absolute atomic E-state index is 0.0539. The van der Waals surface area contributed by atoms with Gasteiger partial charge in [0.1, 0.15) is 35.7 Å². The second-order valence-electron chi connectivity index (χ2n) is 8.43. The van der Waals surface area contributed by atoms with Crippen LogP contribution in [0.1, 0.15) is 56.0 Å². The Hall–Kier alpha value is -2.48. The van der Waals surface area contributed by atoms with E-state index in [9.17, 15) is 14.6 Å². The van der Waals surface area contributed by atoms with Crippen LogP contribution in [0, 0.1) is 5.82 Å². The predicted molar refractivity (Wildman–Crippen MR) is 120 cm³/mol. The van der Waals surface area contributed by atoms with Gasteiger partial charge in [0.05, 0.1) is 6.04 Å². The lowest BCUT2D eigenvalue weighted by molar-refractivity contribution is -0.0169. The van der Waals surface area contributed by atoms with Crippen molar-refractivity contribution < 1.29 is 19.3 Å². The molecule has 0 bridgehead atoms. The van der Waals surface area contributed by atoms with Gasteiger partial charge in [0.2, 0.25) is 0 Å². The van der Waals surface area contributed by atoms with Gasteiger partial charge in [-0.1, -0.05) is 6.58 Å². The zero-order valence-electron chi connectivity index (χ0n) is 18.2. The third kappa shape index (κ3) is 3.82. The lowest BCUT2D eigenvalue weighted by Crippen LogP contribution is -2.35. The number of nitrogens with one attached hydrogen (secondary N) is 1. The van der Waals surface area contributed by atoms with Crippen molar-refractivity contribution >= 4 is 17.6 Å². The van der Waals surface area contributed by atoms with E-state index in [1.54, 1.807) is 12.3 Å². The van der Waals surface area contributed by atoms with Gasteiger partial charge in [0.15, 0.2) is 0 Å². The average Bonchev–Trinajstić information content (AvgIpc) is 3.27. The molecule has 1 saturated carbocycles. The Morgan fingerprint density at radius 1 is 1.32 bits per heavy atom. The molecule has 0 amide bonds. The first-order chi connectivity index (χ1) is 14.8. The number of aliphatic hydroxyl groups excluding tert-OH is 2. The molecule has 0 spiro atoms. The van der Waals surface area contributed by atoms with Crippen molar-refractivity contribution in [1.82, 2.24) is 9.88 Å². The number of nitrogens with zero attached hydrogens (tertiary/aromatic N) is 2. The molecule has 0 radical (unpaired) electrons. The molecule has 5 atom stereocenters. The van der Waals surface area contributed by atoms with Crippen LogP contribution in [0.15, 0.2) is 36.0 Å². The van der Waals surface area contributed by atoms with E-state index in [4.69, 9.17) is 4.74 Å². The molecule has 166 valence electrons. The maximum atomic E-state index is 14.3. The summed E-state index contributed by atoms with van der Waals surface area (Å²) in [6.45, 7) is 10.4. The number of hydrogen-bond acceptors (Lipinski definition) is 5. The molecule has 1 aliphatic carbocycles. The van der Waals surface area contributed by atoms with Gasteiger partial charge in [0, 0.05) is 36.0 Å². The van der Waals surface area contributed by atoms with Crippen LogP contribution in [0.3, 0.4) is 0 Å². The number of aliphatic imine (C=N–C) groups is 1. The van der Waals surface area contributed by atoms with Gasteiger partial charge in [-0.3, -0.25) is 0 Å². The lowest BCUT2D eigenvalue weighted by atomic mass is 9.93. The van der Waals surface area contributed by atoms with Crippen LogP contribution >= 0.6 is 0 Å². The van der Waals surface area contributed by atoms with E-state index in [2.05, 4.69) is 16.9 Å². The van der Waals surface area contributed by atoms with Gasteiger partial charge in [-0.05, 0) is 63.1 Å². The molecular formula is C24H30FN3O3. The van der Waals surface area contributed by atoms with E-state index in [0.717, 1.165) is 16.7 Å². The largest absolute Gasteiger partial charge is 0.487 e. The summed E-state index contributed by atoms with van der Waals surface area (Å²) in [5.41, 5.74) is 3.22. The number of halogens is 1. The van der Waals surface area contributed by atoms with Crippen LogP contribution in [0.5, 0.6) is 5.75 Å². The zero-order valence-corrected chi connectivity index (χ0v) is 18.2. The number of ether oxygens (including phenoxy) is 1. The maximum absolute atomic E-state index is 14.3. The van der Waals surface area contributed by atoms with Gasteiger partial charge in [0.25, 0.3) is 0 Å². The number of fused-ring (bicyclic) bond motifs is 1. The lowest BCUT2D eigenvalue weighted by Gasteiger charge is -2.28. The summed E-state index contributed by atoms with van der Waals surface area (Å²) in [5.74, 6) is 1.01. The summed E-state index contributed by atoms with van der Waals surface area (Å²) in [4.78, 5) is 4.47. The summed E-state index contributed by atoms with van der Waals surface area (Å²) in [7, 11) is 0. The summed E-state index contributed by atoms with van der Waals surface area (Å²) in [6.07, 6.45) is 1.82. The van der Waals surface area contributed by atoms with E-state index in [0.29, 0.717) is 36.5 Å². The third-order valence-electron chi connectivity index (χ3n) is 6.35. The Kier molecular flexibility index (Phi) is 6.01. The fraction of sp³-hybridized carbons (Fsp3) is 0.458. The van der Waals surface area contributed by atoms with Gasteiger partial charge >= 0.3 is 0 Å². The molecule has 1 fully saturated rings. The number of aliphatic hydroxyl groups is 2. The SMILES string of the molecule is C=C(C)c1ccn(C2CC(Oc3ccc(F)c4c3[C@@H](C)NCC4)[C@@H](O)[C@H]2O)c1N=CC. The standard InChI is InChI=1S/C24H30FN3O3/c1-5-26-24-15(13(2)3)9-11-28(24)18-12-20(23(30)22(18)29)31-19-7-6-17(25)16-8-10-27-14(4)21(16)19/h5-7,9,11,14,18,20,22-23,27,29-30H,2,8,10,12H2,1,3-4H3/t14-,18?,20?,22+,23-/m1/s1. The van der Waals surface area contributed by atoms with Crippen LogP contribution in [0.4, 0.5) is 10.2 Å². The van der Waals surface area contributed by atoms with Crippen LogP contribution in [-0.4, -0.2) is 45.9 Å². The number of aromatic nitrogens is 1. The van der Waals surface area contributed by atoms with E-state index in [1.807, 2.05) is 37.6 Å². The van der Waals surface area contributed by atoms with E-state index < -0.39 is 24.4 Å². The number of allylic oxidation sites excluding steroid dienone is 1. The first-order valence-corrected chi connectivity index (χ1v) is 10.8. The molecule has 2 heterocycles. The minimum Gasteiger partial charge on any atom is -0.487 e. The monoisotopic (exact) mass is 427 g/mol. The van der Waals surface area contributed by atoms with Gasteiger partial charge < -0.3 is 24.8 Å². The molecule has 1 aromatic carbocycles. The Morgan fingerprint density at radius 2 is 2.10 bits per heavy atom. The first kappa shape index (κ1) is 21.7. The maximum Gasteiger partial charge on any atom is 0.140 e. The fourth-order valence-electron chi connectivity index (χ4n) is 4.79. The van der Waals surface area contributed by atoms with Crippen LogP contribution in [-0.2, 0) is 6.42 Å². The second kappa shape index (κ2) is 8.57. The van der Waals surface area contributed by atoms with Crippen LogP contribution < -0.4 is 10.1 Å². The Morgan fingerprint density at radius 3 is 2.81 bits per heavy atom. The summed E-state index contributed by atoms with van der Waals surface area (Å²) in [5, 5.41) is 24.9. The molecular weight excluding hydrogens is 397 g/mol. The molecule has 31 heavy (non-hydrogen) atoms. The van der Waals surface area contributed by atoms with Crippen molar-refractivity contribution in [1.29, 1.82) is 0 Å². The highest BCUT2D eigenvalue weighted by molar-refractivity contribution is 5.73. The van der Waals surface area contributed by atoms with Crippen molar-refractivity contribution in [3.63, 3.8) is 0 Å². The van der Waals surface area contributed by atoms with Crippen molar-refractivity contribution in [2.75, 3.05) is 6.54 Å². The summed E-state index contributed by atoms with van der Waals surface area (Å²) in [6, 6.07) is 4.49. The third-order valence-corrected chi connectivity index (χ3v) is 6.35. The van der Waals surface area contributed by atoms with Gasteiger partial charge in [-0.25, -0.2) is 9.38 Å². The highest BCUT2D eigenvalue weighted by Gasteiger charge is 2.45. The molecule has 3 N–H and O–H groups in total. The Bertz CT molecular complexity index is 1020. The molecule has 0 saturated heterocycles. The topological polar surface area (TPSA) is 79.0 Å². The van der Waals surface area contributed by atoms with E-state index >= 15 is 0 Å². The first-order valence-electron chi connectivity index (χ1n) is 10.8. The van der Waals surface area contributed by atoms with Crippen molar-refractivity contribution in [3.8, 4) is 5.75 Å². The second-order valence-corrected chi connectivity index (χ2v) is 8.43. The van der Waals surface area contributed by atoms with Gasteiger partial charge in [-0.15, -0.1) is 0 Å². The zero-order chi connectivity index (χ0) is 22.3. The molecule has 4 rings (SSSR count). The van der Waals surface area contributed by atoms with Crippen molar-refractivity contribution in [2.24, 2.45) is 4.99 Å². The molecule has 1 aromatic heterocycles. The van der Waals surface area contributed by atoms with Crippen molar-refractivity contribution in [3.05, 3.63) is 53.5 Å². The van der Waals surface area contributed by atoms with Crippen molar-refractivity contribution in [2.45, 2.75) is 64.0 Å². The number of hydrogen-bond donors (Lipinski definition) is 3. The van der Waals surface area contributed by atoms with E-state index in [-0.39, 0.29) is 11.9 Å². The predicted octanol–water partition coefficient (Wildman–Crippen LogP) is 3.70. The molecule has 6 nitrogen and oxygen atoms in total. The molecule has 2 aromatic rings. The molecule has 1 aliphatic heterocycles. The smallest absolute Gasteiger partial charge is 0.140 e. The average molecular weight is 428 g/mol.